The Balaban J connectivity index is 0.00000167. The molecule has 8 N–H and O–H groups in total. The number of hydrogen-bond acceptors (Lipinski definition) is 23. The molecule has 9 amide bonds. The molecule has 2 fully saturated rings. The van der Waals surface area contributed by atoms with Crippen molar-refractivity contribution in [3.63, 3.8) is 0 Å². The van der Waals surface area contributed by atoms with Gasteiger partial charge in [0.05, 0.1) is 137 Å². The summed E-state index contributed by atoms with van der Waals surface area (Å²) in [5.74, 6) is -2.56. The van der Waals surface area contributed by atoms with Crippen LogP contribution < -0.4 is 37.2 Å². The number of ether oxygens (including phenoxy) is 5. The number of likely N-dealkylation sites (tertiary alicyclic amines) is 2. The van der Waals surface area contributed by atoms with Crippen molar-refractivity contribution in [2.24, 2.45) is 11.8 Å². The van der Waals surface area contributed by atoms with E-state index in [4.69, 9.17) is 64.1 Å². The first-order valence-electron chi connectivity index (χ1n) is 34.2. The molecule has 0 radical (unpaired) electrons. The maximum atomic E-state index is 12.1. The molecule has 2 rings (SSSR count). The molecule has 2 aliphatic heterocycles. The van der Waals surface area contributed by atoms with Crippen LogP contribution in [0.5, 0.6) is 0 Å². The first kappa shape index (κ1) is 93.4. The molecule has 99 heavy (non-hydrogen) atoms. The van der Waals surface area contributed by atoms with Crippen LogP contribution in [0.3, 0.4) is 0 Å². The second kappa shape index (κ2) is 60.1. The first-order valence-corrected chi connectivity index (χ1v) is 37.5. The number of unbranched alkanes of at least 4 members (excludes halogenated alkanes) is 2. The van der Waals surface area contributed by atoms with Gasteiger partial charge in [0, 0.05) is 82.6 Å². The summed E-state index contributed by atoms with van der Waals surface area (Å²) in [6, 6.07) is 5.24. The topological polar surface area (TPSA) is 410 Å². The molecule has 0 aromatic heterocycles. The largest absolute Gasteiger partial charge is 0.462 e. The smallest absolute Gasteiger partial charge is 0.325 e. The summed E-state index contributed by atoms with van der Waals surface area (Å²) in [7, 11) is -2.40. The monoisotopic (exact) mass is 1470 g/mol. The summed E-state index contributed by atoms with van der Waals surface area (Å²) >= 11 is 6.13. The highest BCUT2D eigenvalue weighted by atomic mass is 35.7. The minimum absolute atomic E-state index is 0.00710. The predicted molar refractivity (Wildman–Crippen MR) is 372 cm³/mol. The zero-order chi connectivity index (χ0) is 74.2. The van der Waals surface area contributed by atoms with Crippen molar-refractivity contribution in [1.29, 1.82) is 10.5 Å². The molecule has 0 aromatic carbocycles. The molecule has 0 saturated carbocycles. The molecule has 2 aliphatic rings. The lowest BCUT2D eigenvalue weighted by molar-refractivity contribution is -0.145. The predicted octanol–water partition coefficient (Wildman–Crippen LogP) is 3.04. The number of amides is 9. The van der Waals surface area contributed by atoms with Gasteiger partial charge in [-0.05, 0) is 117 Å². The highest BCUT2D eigenvalue weighted by molar-refractivity contribution is 7.78. The average Bonchev–Trinajstić information content (AvgIpc) is 1.86. The third kappa shape index (κ3) is 51.3. The second-order valence-electron chi connectivity index (χ2n) is 24.2. The number of nitriles is 2. The van der Waals surface area contributed by atoms with E-state index in [0.717, 1.165) is 39.0 Å². The molecule has 4 atom stereocenters. The van der Waals surface area contributed by atoms with E-state index < -0.39 is 51.7 Å². The summed E-state index contributed by atoms with van der Waals surface area (Å²) in [5, 5.41) is 42.7. The van der Waals surface area contributed by atoms with E-state index in [1.54, 1.807) is 0 Å². The number of esters is 1. The van der Waals surface area contributed by atoms with E-state index in [9.17, 15) is 47.9 Å². The van der Waals surface area contributed by atoms with Crippen LogP contribution in [0, 0.1) is 34.5 Å². The summed E-state index contributed by atoms with van der Waals surface area (Å²) in [5.41, 5.74) is 0. The fourth-order valence-corrected chi connectivity index (χ4v) is 13.2. The van der Waals surface area contributed by atoms with Gasteiger partial charge in [0.1, 0.15) is 13.2 Å². The Hall–Kier alpha value is -5.57. The summed E-state index contributed by atoms with van der Waals surface area (Å²) < 4.78 is 47.6. The minimum Gasteiger partial charge on any atom is -0.462 e. The molecule has 2 unspecified atom stereocenters. The second-order valence-corrected chi connectivity index (χ2v) is 27.7. The van der Waals surface area contributed by atoms with E-state index in [1.165, 1.54) is 0 Å². The average molecular weight is 1470 g/mol. The molecule has 2 heterocycles. The zero-order valence-electron chi connectivity index (χ0n) is 60.2. The van der Waals surface area contributed by atoms with E-state index in [1.807, 2.05) is 15.9 Å². The number of carbonyl (C=O) groups excluding carboxylic acids is 10. The Morgan fingerprint density at radius 3 is 1.22 bits per heavy atom. The van der Waals surface area contributed by atoms with Crippen molar-refractivity contribution in [2.75, 3.05) is 158 Å². The highest BCUT2D eigenvalue weighted by Crippen LogP contribution is 2.49. The Morgan fingerprint density at radius 1 is 0.465 bits per heavy atom. The van der Waals surface area contributed by atoms with Gasteiger partial charge in [0.2, 0.25) is 60.8 Å². The number of halogens is 1. The number of rotatable bonds is 52. The Kier molecular flexibility index (Phi) is 56.7. The number of nitrogens with one attached hydrogen (secondary N) is 7. The van der Waals surface area contributed by atoms with Crippen LogP contribution in [-0.4, -0.2) is 265 Å². The van der Waals surface area contributed by atoms with E-state index in [-0.39, 0.29) is 134 Å². The minimum atomic E-state index is -1.32. The molecule has 2 saturated heterocycles. The van der Waals surface area contributed by atoms with Crippen LogP contribution in [0.1, 0.15) is 146 Å². The van der Waals surface area contributed by atoms with Crippen LogP contribution in [0.4, 0.5) is 0 Å². The molecule has 568 valence electrons. The van der Waals surface area contributed by atoms with Crippen molar-refractivity contribution in [3.05, 3.63) is 0 Å². The molecule has 0 spiro atoms. The van der Waals surface area contributed by atoms with Crippen LogP contribution in [0.15, 0.2) is 0 Å². The number of aliphatic hydroxyl groups is 1. The van der Waals surface area contributed by atoms with Crippen molar-refractivity contribution >= 4 is 86.6 Å². The molecule has 35 heteroatoms. The van der Waals surface area contributed by atoms with Crippen LogP contribution in [-0.2, 0) is 85.2 Å². The van der Waals surface area contributed by atoms with Gasteiger partial charge in [0.25, 0.3) is 8.53 Å². The maximum absolute atomic E-state index is 12.1. The van der Waals surface area contributed by atoms with Gasteiger partial charge < -0.3 is 89.4 Å². The molecule has 32 nitrogen and oxygen atoms in total. The summed E-state index contributed by atoms with van der Waals surface area (Å²) in [6.45, 7) is 25.7. The third-order valence-electron chi connectivity index (χ3n) is 14.1. The van der Waals surface area contributed by atoms with Crippen LogP contribution in [0.2, 0.25) is 0 Å². The quantitative estimate of drug-likeness (QED) is 0.0246. The fourth-order valence-electron chi connectivity index (χ4n) is 9.23. The lowest BCUT2D eigenvalue weighted by atomic mass is 10.1. The number of carbonyl (C=O) groups is 10. The van der Waals surface area contributed by atoms with Gasteiger partial charge in [-0.1, -0.05) is 13.8 Å². The standard InChI is InChI=1S/C32H57N6O10P.C23H41N5O8.C9H18ClN2OP/c1-25(2)38(26(3)4)49(47-14-8-12-33)48-20-18-45-16-15-44-17-19-46-32(43)23-36-30(41)22-35-29(40)21-34-28(39)9-6-7-10-31(42)37-13-11-27(5)24-37;1-18-6-8-28(17-18)23(34)5-3-2-4-19(30)25-15-21(32)27-16-22(33)26-14-20(31)24-7-10-35-12-13-36-11-9-29;1-8(2)12(9(3)4)14(10)13-7-5-6-11/h25-27H,6-11,13-24H2,1-5H3,(H,34,39)(H,35,40)(H,36,41);18,29H,2-17H2,1H3,(H,24,31)(H,25,30)(H,26,33)(H,27,32);8-9H,5,7H2,1-4H3/t27-,49?;18-;/m00./s1. The lowest BCUT2D eigenvalue weighted by Gasteiger charge is -2.35. The lowest BCUT2D eigenvalue weighted by Crippen LogP contribution is -2.44. The van der Waals surface area contributed by atoms with Crippen LogP contribution in [0.25, 0.3) is 0 Å². The molecule has 0 aromatic rings. The van der Waals surface area contributed by atoms with Gasteiger partial charge in [0.15, 0.2) is 0 Å². The Bertz CT molecular complexity index is 2380. The van der Waals surface area contributed by atoms with Crippen LogP contribution >= 0.6 is 27.4 Å². The first-order chi connectivity index (χ1) is 47.3. The molecule has 0 aliphatic carbocycles. The van der Waals surface area contributed by atoms with Gasteiger partial charge in [-0.15, -0.1) is 0 Å². The summed E-state index contributed by atoms with van der Waals surface area (Å²) in [6.07, 6.45) is 6.31. The number of hydrogen-bond donors (Lipinski definition) is 8. The Labute approximate surface area is 593 Å². The van der Waals surface area contributed by atoms with Gasteiger partial charge in [-0.25, -0.2) is 9.34 Å². The van der Waals surface area contributed by atoms with Gasteiger partial charge in [-0.2, -0.15) is 10.5 Å². The zero-order valence-corrected chi connectivity index (χ0v) is 62.7. The van der Waals surface area contributed by atoms with Gasteiger partial charge in [-0.3, -0.25) is 47.9 Å². The number of aliphatic hydroxyl groups excluding tert-OH is 1. The fraction of sp³-hybridized carbons (Fsp3) is 0.812. The van der Waals surface area contributed by atoms with Crippen molar-refractivity contribution < 1.29 is 90.3 Å². The van der Waals surface area contributed by atoms with E-state index in [0.29, 0.717) is 122 Å². The molecular formula is C64H116ClN13O19P2. The Morgan fingerprint density at radius 2 is 0.818 bits per heavy atom. The molecule has 0 bridgehead atoms. The normalized spacial score (nSPS) is 14.7. The highest BCUT2D eigenvalue weighted by Gasteiger charge is 2.28. The molecular weight excluding hydrogens is 1350 g/mol. The van der Waals surface area contributed by atoms with E-state index >= 15 is 0 Å². The van der Waals surface area contributed by atoms with Gasteiger partial charge >= 0.3 is 5.97 Å². The third-order valence-corrected chi connectivity index (χ3v) is 18.7. The van der Waals surface area contributed by atoms with Crippen molar-refractivity contribution in [1.82, 2.24) is 56.4 Å². The van der Waals surface area contributed by atoms with Crippen molar-refractivity contribution in [2.45, 2.75) is 170 Å². The number of nitrogens with zero attached hydrogens (tertiary/aromatic N) is 6. The maximum Gasteiger partial charge on any atom is 0.325 e. The SMILES string of the molecule is CC(C)N(C(C)C)P(Cl)OCCC#N.CC(C)N(C(C)C)P(OCCC#N)OCCOCCOCCOC(=O)CNC(=O)CNC(=O)CNC(=O)CCCCC(=O)N1CC[C@H](C)C1.C[C@H]1CCN(C(=O)CCCCC(=O)NCC(=O)NCC(=O)NCC(=O)NCCOCCOCCO)C1. The van der Waals surface area contributed by atoms with Crippen molar-refractivity contribution in [3.8, 4) is 12.1 Å². The summed E-state index contributed by atoms with van der Waals surface area (Å²) in [4.78, 5) is 123. The van der Waals surface area contributed by atoms with E-state index in [2.05, 4.69) is 122 Å².